The second-order valence-corrected chi connectivity index (χ2v) is 5.67. The van der Waals surface area contributed by atoms with Gasteiger partial charge in [-0.2, -0.15) is 5.26 Å². The summed E-state index contributed by atoms with van der Waals surface area (Å²) < 4.78 is 4.87. The highest BCUT2D eigenvalue weighted by molar-refractivity contribution is 6.42. The van der Waals surface area contributed by atoms with Crippen LogP contribution in [0.4, 0.5) is 0 Å². The quantitative estimate of drug-likeness (QED) is 0.831. The molecule has 0 fully saturated rings. The molecule has 0 spiro atoms. The number of hydrogen-bond acceptors (Lipinski definition) is 4. The molecule has 1 aromatic carbocycles. The Morgan fingerprint density at radius 2 is 2.00 bits per heavy atom. The van der Waals surface area contributed by atoms with Gasteiger partial charge < -0.3 is 10.1 Å². The SMILES string of the molecule is COC(=O)C1=C(C)NC(C)=C(C#N)C1c1cccc(Cl)c1Cl. The third-order valence-corrected chi connectivity index (χ3v) is 4.41. The molecule has 0 aromatic heterocycles. The monoisotopic (exact) mass is 336 g/mol. The first kappa shape index (κ1) is 16.4. The van der Waals surface area contributed by atoms with Crippen LogP contribution in [-0.2, 0) is 9.53 Å². The van der Waals surface area contributed by atoms with Crippen LogP contribution in [0.1, 0.15) is 25.3 Å². The molecule has 1 aliphatic heterocycles. The van der Waals surface area contributed by atoms with Gasteiger partial charge in [-0.15, -0.1) is 0 Å². The number of carbonyl (C=O) groups is 1. The maximum absolute atomic E-state index is 12.2. The Bertz CT molecular complexity index is 745. The number of nitriles is 1. The van der Waals surface area contributed by atoms with E-state index in [0.29, 0.717) is 38.1 Å². The highest BCUT2D eigenvalue weighted by atomic mass is 35.5. The average molecular weight is 337 g/mol. The first-order valence-electron chi connectivity index (χ1n) is 6.53. The van der Waals surface area contributed by atoms with Crippen molar-refractivity contribution in [3.8, 4) is 6.07 Å². The summed E-state index contributed by atoms with van der Waals surface area (Å²) in [6.07, 6.45) is 0. The molecular weight excluding hydrogens is 323 g/mol. The fraction of sp³-hybridized carbons (Fsp3) is 0.250. The predicted molar refractivity (Wildman–Crippen MR) is 85.4 cm³/mol. The van der Waals surface area contributed by atoms with Gasteiger partial charge in [0.25, 0.3) is 0 Å². The van der Waals surface area contributed by atoms with Crippen LogP contribution in [-0.4, -0.2) is 13.1 Å². The maximum atomic E-state index is 12.2. The average Bonchev–Trinajstić information content (AvgIpc) is 2.49. The maximum Gasteiger partial charge on any atom is 0.336 e. The van der Waals surface area contributed by atoms with Crippen LogP contribution in [0.2, 0.25) is 10.0 Å². The van der Waals surface area contributed by atoms with Gasteiger partial charge in [0, 0.05) is 11.4 Å². The molecule has 1 unspecified atom stereocenters. The minimum Gasteiger partial charge on any atom is -0.466 e. The third-order valence-electron chi connectivity index (χ3n) is 3.58. The Morgan fingerprint density at radius 3 is 2.59 bits per heavy atom. The van der Waals surface area contributed by atoms with E-state index in [-0.39, 0.29) is 0 Å². The summed E-state index contributed by atoms with van der Waals surface area (Å²) in [5.74, 6) is -1.11. The number of esters is 1. The summed E-state index contributed by atoms with van der Waals surface area (Å²) in [6.45, 7) is 3.54. The van der Waals surface area contributed by atoms with E-state index in [9.17, 15) is 10.1 Å². The van der Waals surface area contributed by atoms with Gasteiger partial charge in [-0.3, -0.25) is 0 Å². The number of nitrogens with zero attached hydrogens (tertiary/aromatic N) is 1. The summed E-state index contributed by atoms with van der Waals surface area (Å²) in [5, 5.41) is 13.2. The Kier molecular flexibility index (Phi) is 4.80. The number of ether oxygens (including phenoxy) is 1. The zero-order valence-corrected chi connectivity index (χ0v) is 13.8. The Morgan fingerprint density at radius 1 is 1.32 bits per heavy atom. The second-order valence-electron chi connectivity index (χ2n) is 4.88. The highest BCUT2D eigenvalue weighted by Crippen LogP contribution is 2.42. The molecule has 1 N–H and O–H groups in total. The van der Waals surface area contributed by atoms with Gasteiger partial charge in [0.15, 0.2) is 0 Å². The van der Waals surface area contributed by atoms with Gasteiger partial charge in [0.05, 0.1) is 40.3 Å². The lowest BCUT2D eigenvalue weighted by molar-refractivity contribution is -0.136. The van der Waals surface area contributed by atoms with Gasteiger partial charge in [0.2, 0.25) is 0 Å². The number of carbonyl (C=O) groups excluding carboxylic acids is 1. The van der Waals surface area contributed by atoms with Crippen molar-refractivity contribution in [1.29, 1.82) is 5.26 Å². The van der Waals surface area contributed by atoms with E-state index in [1.54, 1.807) is 32.0 Å². The zero-order chi connectivity index (χ0) is 16.4. The molecule has 0 bridgehead atoms. The van der Waals surface area contributed by atoms with Crippen molar-refractivity contribution in [2.45, 2.75) is 19.8 Å². The lowest BCUT2D eigenvalue weighted by Gasteiger charge is -2.28. The number of allylic oxidation sites excluding steroid dienone is 3. The predicted octanol–water partition coefficient (Wildman–Crippen LogP) is 3.92. The van der Waals surface area contributed by atoms with Crippen LogP contribution in [0.5, 0.6) is 0 Å². The van der Waals surface area contributed by atoms with E-state index in [2.05, 4.69) is 11.4 Å². The van der Waals surface area contributed by atoms with E-state index in [0.717, 1.165) is 0 Å². The van der Waals surface area contributed by atoms with Gasteiger partial charge >= 0.3 is 5.97 Å². The van der Waals surface area contributed by atoms with Crippen molar-refractivity contribution in [3.63, 3.8) is 0 Å². The number of halogens is 2. The summed E-state index contributed by atoms with van der Waals surface area (Å²) in [7, 11) is 1.30. The molecule has 0 saturated carbocycles. The smallest absolute Gasteiger partial charge is 0.336 e. The van der Waals surface area contributed by atoms with Crippen molar-refractivity contribution >= 4 is 29.2 Å². The molecule has 0 saturated heterocycles. The van der Waals surface area contributed by atoms with Crippen molar-refractivity contribution in [3.05, 3.63) is 56.3 Å². The molecule has 22 heavy (non-hydrogen) atoms. The minimum atomic E-state index is -0.607. The number of dihydropyridines is 1. The number of hydrogen-bond donors (Lipinski definition) is 1. The molecule has 4 nitrogen and oxygen atoms in total. The van der Waals surface area contributed by atoms with Crippen LogP contribution < -0.4 is 5.32 Å². The van der Waals surface area contributed by atoms with Crippen LogP contribution in [0.25, 0.3) is 0 Å². The molecule has 1 heterocycles. The molecule has 1 atom stereocenters. The van der Waals surface area contributed by atoms with Crippen molar-refractivity contribution in [2.75, 3.05) is 7.11 Å². The second kappa shape index (κ2) is 6.43. The molecule has 6 heteroatoms. The van der Waals surface area contributed by atoms with Crippen LogP contribution in [0.3, 0.4) is 0 Å². The highest BCUT2D eigenvalue weighted by Gasteiger charge is 2.35. The first-order valence-corrected chi connectivity index (χ1v) is 7.28. The molecular formula is C16H14Cl2N2O2. The molecule has 0 amide bonds. The van der Waals surface area contributed by atoms with Gasteiger partial charge in [-0.25, -0.2) is 4.79 Å². The summed E-state index contributed by atoms with van der Waals surface area (Å²) >= 11 is 12.4. The number of rotatable bonds is 2. The minimum absolute atomic E-state index is 0.325. The third kappa shape index (κ3) is 2.70. The molecule has 2 rings (SSSR count). The largest absolute Gasteiger partial charge is 0.466 e. The molecule has 0 radical (unpaired) electrons. The molecule has 0 aliphatic carbocycles. The topological polar surface area (TPSA) is 62.1 Å². The van der Waals surface area contributed by atoms with Crippen molar-refractivity contribution in [2.24, 2.45) is 0 Å². The standard InChI is InChI=1S/C16H14Cl2N2O2/c1-8-11(7-19)14(10-5-4-6-12(17)15(10)18)13(9(2)20-8)16(21)22-3/h4-6,14,20H,1-3H3. The Balaban J connectivity index is 2.74. The van der Waals surface area contributed by atoms with E-state index in [4.69, 9.17) is 27.9 Å². The lowest BCUT2D eigenvalue weighted by atomic mass is 9.81. The summed E-state index contributed by atoms with van der Waals surface area (Å²) in [5.41, 5.74) is 2.67. The van der Waals surface area contributed by atoms with Gasteiger partial charge in [-0.1, -0.05) is 35.3 Å². The van der Waals surface area contributed by atoms with Crippen molar-refractivity contribution in [1.82, 2.24) is 5.32 Å². The van der Waals surface area contributed by atoms with E-state index in [1.807, 2.05) is 0 Å². The van der Waals surface area contributed by atoms with E-state index in [1.165, 1.54) is 7.11 Å². The summed E-state index contributed by atoms with van der Waals surface area (Å²) in [4.78, 5) is 12.2. The summed E-state index contributed by atoms with van der Waals surface area (Å²) in [6, 6.07) is 7.30. The van der Waals surface area contributed by atoms with Crippen molar-refractivity contribution < 1.29 is 9.53 Å². The Labute approximate surface area is 139 Å². The van der Waals surface area contributed by atoms with Crippen LogP contribution >= 0.6 is 23.2 Å². The fourth-order valence-corrected chi connectivity index (χ4v) is 2.99. The lowest BCUT2D eigenvalue weighted by Crippen LogP contribution is -2.28. The molecule has 114 valence electrons. The first-order chi connectivity index (χ1) is 10.4. The van der Waals surface area contributed by atoms with E-state index < -0.39 is 11.9 Å². The number of nitrogens with one attached hydrogen (secondary N) is 1. The number of methoxy groups -OCH3 is 1. The van der Waals surface area contributed by atoms with Gasteiger partial charge in [0.1, 0.15) is 0 Å². The normalized spacial score (nSPS) is 17.9. The van der Waals surface area contributed by atoms with Crippen LogP contribution in [0, 0.1) is 11.3 Å². The van der Waals surface area contributed by atoms with Gasteiger partial charge in [-0.05, 0) is 25.5 Å². The Hall–Kier alpha value is -1.96. The number of benzene rings is 1. The molecule has 1 aromatic rings. The van der Waals surface area contributed by atoms with E-state index >= 15 is 0 Å². The molecule has 1 aliphatic rings. The van der Waals surface area contributed by atoms with Crippen LogP contribution in [0.15, 0.2) is 40.7 Å². The fourth-order valence-electron chi connectivity index (χ4n) is 2.58. The zero-order valence-electron chi connectivity index (χ0n) is 12.3.